The number of rotatable bonds is 1. The molecule has 0 aromatic heterocycles. The fraction of sp³-hybridized carbons (Fsp3) is 0.0588. The Kier molecular flexibility index (Phi) is 3.25. The van der Waals surface area contributed by atoms with Crippen molar-refractivity contribution in [1.29, 1.82) is 5.26 Å². The van der Waals surface area contributed by atoms with E-state index in [-0.39, 0.29) is 5.78 Å². The number of hydrogen-bond donors (Lipinski definition) is 0. The minimum absolute atomic E-state index is 0.0804. The zero-order valence-corrected chi connectivity index (χ0v) is 12.1. The average Bonchev–Trinajstić information content (AvgIpc) is 2.84. The summed E-state index contributed by atoms with van der Waals surface area (Å²) in [6.07, 6.45) is 0.648. The zero-order chi connectivity index (χ0) is 14.1. The molecule has 1 aliphatic carbocycles. The lowest BCUT2D eigenvalue weighted by atomic mass is 10.1. The number of Topliss-reactive ketones (excluding diaryl/α,β-unsaturated/α-hetero) is 1. The first kappa shape index (κ1) is 12.8. The number of halogens is 1. The van der Waals surface area contributed by atoms with Gasteiger partial charge in [-0.1, -0.05) is 36.4 Å². The Morgan fingerprint density at radius 1 is 1.10 bits per heavy atom. The lowest BCUT2D eigenvalue weighted by Gasteiger charge is -2.03. The summed E-state index contributed by atoms with van der Waals surface area (Å²) < 4.78 is 0.809. The van der Waals surface area contributed by atoms with Crippen molar-refractivity contribution < 1.29 is 4.79 Å². The normalized spacial score (nSPS) is 15.7. The number of nitrogens with zero attached hydrogens (tertiary/aromatic N) is 1. The highest BCUT2D eigenvalue weighted by Gasteiger charge is 2.26. The van der Waals surface area contributed by atoms with Crippen LogP contribution < -0.4 is 0 Å². The monoisotopic (exact) mass is 323 g/mol. The van der Waals surface area contributed by atoms with Gasteiger partial charge in [0.05, 0.1) is 11.6 Å². The van der Waals surface area contributed by atoms with Crippen molar-refractivity contribution in [3.63, 3.8) is 0 Å². The summed E-state index contributed by atoms with van der Waals surface area (Å²) in [4.78, 5) is 12.4. The molecule has 0 unspecified atom stereocenters. The van der Waals surface area contributed by atoms with Crippen LogP contribution in [0.1, 0.15) is 27.0 Å². The molecule has 0 bridgehead atoms. The van der Waals surface area contributed by atoms with Crippen molar-refractivity contribution in [3.8, 4) is 6.07 Å². The van der Waals surface area contributed by atoms with Gasteiger partial charge in [-0.05, 0) is 39.2 Å². The van der Waals surface area contributed by atoms with Crippen molar-refractivity contribution in [3.05, 3.63) is 76.4 Å². The van der Waals surface area contributed by atoms with Crippen LogP contribution in [0.3, 0.4) is 0 Å². The molecule has 0 heterocycles. The fourth-order valence-corrected chi connectivity index (χ4v) is 2.96. The van der Waals surface area contributed by atoms with Gasteiger partial charge in [-0.25, -0.2) is 0 Å². The number of nitriles is 1. The van der Waals surface area contributed by atoms with E-state index in [0.717, 1.165) is 26.7 Å². The van der Waals surface area contributed by atoms with E-state index in [1.807, 2.05) is 36.4 Å². The van der Waals surface area contributed by atoms with Gasteiger partial charge in [0.2, 0.25) is 0 Å². The number of carbonyl (C=O) groups excluding carboxylic acids is 1. The molecule has 0 saturated carbocycles. The Hall–Kier alpha value is -2.18. The lowest BCUT2D eigenvalue weighted by Crippen LogP contribution is -1.97. The van der Waals surface area contributed by atoms with E-state index in [2.05, 4.69) is 22.0 Å². The first-order chi connectivity index (χ1) is 9.70. The number of benzene rings is 2. The number of ketones is 1. The molecule has 0 amide bonds. The first-order valence-corrected chi connectivity index (χ1v) is 7.02. The molecule has 0 spiro atoms. The molecule has 3 rings (SSSR count). The summed E-state index contributed by atoms with van der Waals surface area (Å²) in [7, 11) is 0. The molecule has 3 heteroatoms. The molecule has 1 aliphatic rings. The number of carbonyl (C=O) groups is 1. The standard InChI is InChI=1S/C17H10BrNO/c18-16(12-7-5-11(10-19)6-8-12)15-9-13-3-1-2-4-14(13)17(15)20/h1-8H,9H2/b16-15+. The highest BCUT2D eigenvalue weighted by atomic mass is 79.9. The van der Waals surface area contributed by atoms with Crippen LogP contribution in [0.4, 0.5) is 0 Å². The Labute approximate surface area is 125 Å². The molecule has 0 radical (unpaired) electrons. The van der Waals surface area contributed by atoms with E-state index in [9.17, 15) is 4.79 Å². The van der Waals surface area contributed by atoms with Crippen LogP contribution in [-0.4, -0.2) is 5.78 Å². The van der Waals surface area contributed by atoms with Crippen LogP contribution in [0.25, 0.3) is 4.48 Å². The fourth-order valence-electron chi connectivity index (χ4n) is 2.37. The second-order valence-corrected chi connectivity index (χ2v) is 5.44. The Bertz CT molecular complexity index is 766. The van der Waals surface area contributed by atoms with E-state index in [4.69, 9.17) is 5.26 Å². The summed E-state index contributed by atoms with van der Waals surface area (Å²) in [6.45, 7) is 0. The molecule has 20 heavy (non-hydrogen) atoms. The molecule has 2 aromatic rings. The number of allylic oxidation sites excluding steroid dienone is 1. The van der Waals surface area contributed by atoms with Gasteiger partial charge >= 0.3 is 0 Å². The summed E-state index contributed by atoms with van der Waals surface area (Å²) >= 11 is 3.53. The highest BCUT2D eigenvalue weighted by molar-refractivity contribution is 9.15. The molecule has 0 aliphatic heterocycles. The van der Waals surface area contributed by atoms with Crippen LogP contribution >= 0.6 is 15.9 Å². The van der Waals surface area contributed by atoms with Gasteiger partial charge in [0, 0.05) is 22.0 Å². The summed E-state index contributed by atoms with van der Waals surface area (Å²) in [6, 6.07) is 17.0. The van der Waals surface area contributed by atoms with Gasteiger partial charge in [-0.3, -0.25) is 4.79 Å². The number of hydrogen-bond acceptors (Lipinski definition) is 2. The second kappa shape index (κ2) is 5.07. The average molecular weight is 324 g/mol. The van der Waals surface area contributed by atoms with Gasteiger partial charge in [-0.15, -0.1) is 0 Å². The van der Waals surface area contributed by atoms with Crippen molar-refractivity contribution in [2.75, 3.05) is 0 Å². The molecule has 0 atom stereocenters. The molecule has 0 saturated heterocycles. The van der Waals surface area contributed by atoms with Crippen molar-refractivity contribution in [1.82, 2.24) is 0 Å². The third-order valence-electron chi connectivity index (χ3n) is 3.44. The van der Waals surface area contributed by atoms with Crippen LogP contribution in [0.5, 0.6) is 0 Å². The van der Waals surface area contributed by atoms with E-state index < -0.39 is 0 Å². The summed E-state index contributed by atoms with van der Waals surface area (Å²) in [5.41, 5.74) is 4.15. The molecular weight excluding hydrogens is 314 g/mol. The van der Waals surface area contributed by atoms with E-state index >= 15 is 0 Å². The largest absolute Gasteiger partial charge is 0.289 e. The first-order valence-electron chi connectivity index (χ1n) is 6.22. The lowest BCUT2D eigenvalue weighted by molar-refractivity contribution is 0.104. The Morgan fingerprint density at radius 3 is 2.45 bits per heavy atom. The van der Waals surface area contributed by atoms with E-state index in [1.165, 1.54) is 0 Å². The molecule has 0 fully saturated rings. The number of fused-ring (bicyclic) bond motifs is 1. The van der Waals surface area contributed by atoms with Crippen LogP contribution in [0, 0.1) is 11.3 Å². The smallest absolute Gasteiger partial charge is 0.190 e. The van der Waals surface area contributed by atoms with Crippen molar-refractivity contribution in [2.45, 2.75) is 6.42 Å². The Balaban J connectivity index is 2.04. The van der Waals surface area contributed by atoms with E-state index in [1.54, 1.807) is 12.1 Å². The second-order valence-electron chi connectivity index (χ2n) is 4.64. The minimum atomic E-state index is 0.0804. The van der Waals surface area contributed by atoms with Crippen molar-refractivity contribution >= 4 is 26.2 Å². The maximum absolute atomic E-state index is 12.4. The predicted octanol–water partition coefficient (Wildman–Crippen LogP) is 4.10. The maximum atomic E-state index is 12.4. The topological polar surface area (TPSA) is 40.9 Å². The van der Waals surface area contributed by atoms with Crippen LogP contribution in [0.2, 0.25) is 0 Å². The predicted molar refractivity (Wildman–Crippen MR) is 81.5 cm³/mol. The Morgan fingerprint density at radius 2 is 1.80 bits per heavy atom. The van der Waals surface area contributed by atoms with E-state index in [0.29, 0.717) is 12.0 Å². The zero-order valence-electron chi connectivity index (χ0n) is 10.6. The SMILES string of the molecule is N#Cc1ccc(/C(Br)=C2/Cc3ccccc3C2=O)cc1. The maximum Gasteiger partial charge on any atom is 0.190 e. The van der Waals surface area contributed by atoms with Gasteiger partial charge in [-0.2, -0.15) is 5.26 Å². The van der Waals surface area contributed by atoms with Gasteiger partial charge in [0.15, 0.2) is 5.78 Å². The third-order valence-corrected chi connectivity index (χ3v) is 4.37. The quantitative estimate of drug-likeness (QED) is 0.741. The van der Waals surface area contributed by atoms with Crippen molar-refractivity contribution in [2.24, 2.45) is 0 Å². The van der Waals surface area contributed by atoms with Gasteiger partial charge in [0.25, 0.3) is 0 Å². The molecule has 2 aromatic carbocycles. The molecule has 0 N–H and O–H groups in total. The van der Waals surface area contributed by atoms with Gasteiger partial charge in [0.1, 0.15) is 0 Å². The third kappa shape index (κ3) is 2.09. The van der Waals surface area contributed by atoms with Crippen LogP contribution in [0.15, 0.2) is 54.1 Å². The minimum Gasteiger partial charge on any atom is -0.289 e. The highest BCUT2D eigenvalue weighted by Crippen LogP contribution is 2.34. The summed E-state index contributed by atoms with van der Waals surface area (Å²) in [5, 5.41) is 8.81. The molecular formula is C17H10BrNO. The molecule has 2 nitrogen and oxygen atoms in total. The molecule has 96 valence electrons. The van der Waals surface area contributed by atoms with Gasteiger partial charge < -0.3 is 0 Å². The van der Waals surface area contributed by atoms with Crippen LogP contribution in [-0.2, 0) is 6.42 Å². The summed E-state index contributed by atoms with van der Waals surface area (Å²) in [5.74, 6) is 0.0804.